The van der Waals surface area contributed by atoms with Crippen LogP contribution in [0.25, 0.3) is 44.2 Å². The highest BCUT2D eigenvalue weighted by Crippen LogP contribution is 2.36. The third-order valence-corrected chi connectivity index (χ3v) is 6.48. The molecule has 0 aliphatic heterocycles. The van der Waals surface area contributed by atoms with Gasteiger partial charge in [0.05, 0.1) is 0 Å². The molecule has 0 unspecified atom stereocenters. The van der Waals surface area contributed by atoms with Crippen LogP contribution in [0.2, 0.25) is 0 Å². The highest BCUT2D eigenvalue weighted by atomic mass is 14.9. The normalized spacial score (nSPS) is 10.9. The van der Waals surface area contributed by atoms with E-state index in [0.717, 1.165) is 11.4 Å². The Labute approximate surface area is 206 Å². The summed E-state index contributed by atoms with van der Waals surface area (Å²) in [6, 6.07) is 51.6. The molecule has 0 aromatic heterocycles. The van der Waals surface area contributed by atoms with Crippen molar-refractivity contribution in [3.63, 3.8) is 0 Å². The Morgan fingerprint density at radius 1 is 0.371 bits per heavy atom. The Hall–Kier alpha value is -4.62. The van der Waals surface area contributed by atoms with Gasteiger partial charge < -0.3 is 5.32 Å². The number of benzene rings is 6. The van der Waals surface area contributed by atoms with Gasteiger partial charge in [0.2, 0.25) is 0 Å². The van der Waals surface area contributed by atoms with Crippen LogP contribution in [0.4, 0.5) is 11.4 Å². The molecule has 0 atom stereocenters. The SMILES string of the molecule is c1ccc(-c2ccc(-c3ccc(Nc4cccc5ccccc45)cc3)cc2-c2ccccc2)cc1. The van der Waals surface area contributed by atoms with E-state index < -0.39 is 0 Å². The van der Waals surface area contributed by atoms with Crippen LogP contribution >= 0.6 is 0 Å². The second-order valence-corrected chi connectivity index (χ2v) is 8.72. The third kappa shape index (κ3) is 4.32. The van der Waals surface area contributed by atoms with E-state index >= 15 is 0 Å². The number of anilines is 2. The van der Waals surface area contributed by atoms with Gasteiger partial charge in [0.15, 0.2) is 0 Å². The van der Waals surface area contributed by atoms with Gasteiger partial charge in [-0.2, -0.15) is 0 Å². The number of fused-ring (bicyclic) bond motifs is 1. The first kappa shape index (κ1) is 20.9. The Kier molecular flexibility index (Phi) is 5.58. The smallest absolute Gasteiger partial charge is 0.0463 e. The number of hydrogen-bond acceptors (Lipinski definition) is 1. The molecule has 0 amide bonds. The summed E-state index contributed by atoms with van der Waals surface area (Å²) in [5.74, 6) is 0. The van der Waals surface area contributed by atoms with Crippen LogP contribution in [0.5, 0.6) is 0 Å². The van der Waals surface area contributed by atoms with E-state index in [-0.39, 0.29) is 0 Å². The van der Waals surface area contributed by atoms with Crippen LogP contribution in [-0.4, -0.2) is 0 Å². The fourth-order valence-electron chi connectivity index (χ4n) is 4.69. The Bertz CT molecular complexity index is 1580. The minimum absolute atomic E-state index is 1.08. The van der Waals surface area contributed by atoms with E-state index in [4.69, 9.17) is 0 Å². The summed E-state index contributed by atoms with van der Waals surface area (Å²) in [4.78, 5) is 0. The molecule has 6 aromatic rings. The van der Waals surface area contributed by atoms with Gasteiger partial charge in [-0.25, -0.2) is 0 Å². The molecular formula is C34H25N. The molecule has 0 spiro atoms. The molecule has 0 saturated heterocycles. The van der Waals surface area contributed by atoms with Crippen LogP contribution in [0.15, 0.2) is 146 Å². The summed E-state index contributed by atoms with van der Waals surface area (Å²) in [6.07, 6.45) is 0. The predicted molar refractivity (Wildman–Crippen MR) is 150 cm³/mol. The van der Waals surface area contributed by atoms with Gasteiger partial charge in [-0.05, 0) is 63.0 Å². The van der Waals surface area contributed by atoms with E-state index in [2.05, 4.69) is 151 Å². The zero-order valence-electron chi connectivity index (χ0n) is 19.4. The zero-order valence-corrected chi connectivity index (χ0v) is 19.4. The standard InChI is InChI=1S/C34H25N/c1-3-10-26(11-4-1)31-23-20-29(24-33(31)28-12-5-2-6-13-28)25-18-21-30(22-19-25)35-34-17-9-15-27-14-7-8-16-32(27)34/h1-24,35H. The molecule has 1 N–H and O–H groups in total. The van der Waals surface area contributed by atoms with E-state index in [1.54, 1.807) is 0 Å². The van der Waals surface area contributed by atoms with Crippen molar-refractivity contribution in [2.24, 2.45) is 0 Å². The number of nitrogens with one attached hydrogen (secondary N) is 1. The maximum absolute atomic E-state index is 3.59. The Morgan fingerprint density at radius 3 is 1.71 bits per heavy atom. The lowest BCUT2D eigenvalue weighted by Crippen LogP contribution is -1.92. The van der Waals surface area contributed by atoms with E-state index in [1.165, 1.54) is 44.2 Å². The lowest BCUT2D eigenvalue weighted by atomic mass is 9.91. The van der Waals surface area contributed by atoms with Gasteiger partial charge in [0.25, 0.3) is 0 Å². The lowest BCUT2D eigenvalue weighted by molar-refractivity contribution is 1.54. The first-order chi connectivity index (χ1) is 17.3. The van der Waals surface area contributed by atoms with E-state index in [0.29, 0.717) is 0 Å². The average Bonchev–Trinajstić information content (AvgIpc) is 2.94. The quantitative estimate of drug-likeness (QED) is 0.277. The number of rotatable bonds is 5. The molecule has 0 heterocycles. The van der Waals surface area contributed by atoms with Crippen LogP contribution in [0, 0.1) is 0 Å². The van der Waals surface area contributed by atoms with Gasteiger partial charge in [-0.15, -0.1) is 0 Å². The summed E-state index contributed by atoms with van der Waals surface area (Å²) in [7, 11) is 0. The molecule has 6 rings (SSSR count). The summed E-state index contributed by atoms with van der Waals surface area (Å²) < 4.78 is 0. The maximum atomic E-state index is 3.59. The molecule has 1 nitrogen and oxygen atoms in total. The topological polar surface area (TPSA) is 12.0 Å². The third-order valence-electron chi connectivity index (χ3n) is 6.48. The van der Waals surface area contributed by atoms with Crippen molar-refractivity contribution in [2.45, 2.75) is 0 Å². The minimum atomic E-state index is 1.08. The molecule has 0 aliphatic rings. The van der Waals surface area contributed by atoms with Crippen molar-refractivity contribution >= 4 is 22.1 Å². The minimum Gasteiger partial charge on any atom is -0.355 e. The molecule has 0 fully saturated rings. The maximum Gasteiger partial charge on any atom is 0.0463 e. The highest BCUT2D eigenvalue weighted by Gasteiger charge is 2.10. The van der Waals surface area contributed by atoms with Crippen LogP contribution in [0.1, 0.15) is 0 Å². The van der Waals surface area contributed by atoms with Crippen molar-refractivity contribution in [3.8, 4) is 33.4 Å². The Balaban J connectivity index is 1.35. The van der Waals surface area contributed by atoms with Gasteiger partial charge in [-0.1, -0.05) is 121 Å². The van der Waals surface area contributed by atoms with Gasteiger partial charge in [-0.3, -0.25) is 0 Å². The average molecular weight is 448 g/mol. The first-order valence-electron chi connectivity index (χ1n) is 12.0. The van der Waals surface area contributed by atoms with E-state index in [1.807, 2.05) is 0 Å². The van der Waals surface area contributed by atoms with Crippen LogP contribution in [0.3, 0.4) is 0 Å². The predicted octanol–water partition coefficient (Wildman–Crippen LogP) is 9.58. The molecule has 0 radical (unpaired) electrons. The van der Waals surface area contributed by atoms with Crippen molar-refractivity contribution in [1.29, 1.82) is 0 Å². The summed E-state index contributed by atoms with van der Waals surface area (Å²) >= 11 is 0. The molecule has 0 aliphatic carbocycles. The highest BCUT2D eigenvalue weighted by molar-refractivity contribution is 5.95. The molecule has 0 bridgehead atoms. The number of hydrogen-bond donors (Lipinski definition) is 1. The van der Waals surface area contributed by atoms with Gasteiger partial charge >= 0.3 is 0 Å². The molecule has 0 saturated carbocycles. The molecule has 6 aromatic carbocycles. The van der Waals surface area contributed by atoms with E-state index in [9.17, 15) is 0 Å². The largest absolute Gasteiger partial charge is 0.355 e. The lowest BCUT2D eigenvalue weighted by Gasteiger charge is -2.14. The van der Waals surface area contributed by atoms with Crippen LogP contribution in [-0.2, 0) is 0 Å². The second kappa shape index (κ2) is 9.32. The Morgan fingerprint density at radius 2 is 0.971 bits per heavy atom. The molecule has 35 heavy (non-hydrogen) atoms. The summed E-state index contributed by atoms with van der Waals surface area (Å²) in [5.41, 5.74) is 9.55. The summed E-state index contributed by atoms with van der Waals surface area (Å²) in [5, 5.41) is 6.06. The molecule has 166 valence electrons. The molecule has 1 heteroatoms. The van der Waals surface area contributed by atoms with Crippen molar-refractivity contribution in [2.75, 3.05) is 5.32 Å². The fraction of sp³-hybridized carbons (Fsp3) is 0. The van der Waals surface area contributed by atoms with Crippen LogP contribution < -0.4 is 5.32 Å². The van der Waals surface area contributed by atoms with Gasteiger partial charge in [0, 0.05) is 16.8 Å². The second-order valence-electron chi connectivity index (χ2n) is 8.72. The van der Waals surface area contributed by atoms with Crippen molar-refractivity contribution < 1.29 is 0 Å². The molecular weight excluding hydrogens is 422 g/mol. The monoisotopic (exact) mass is 447 g/mol. The fourth-order valence-corrected chi connectivity index (χ4v) is 4.69. The summed E-state index contributed by atoms with van der Waals surface area (Å²) in [6.45, 7) is 0. The zero-order chi connectivity index (χ0) is 23.5. The van der Waals surface area contributed by atoms with Crippen molar-refractivity contribution in [3.05, 3.63) is 146 Å². The van der Waals surface area contributed by atoms with Gasteiger partial charge in [0.1, 0.15) is 0 Å². The van der Waals surface area contributed by atoms with Crippen molar-refractivity contribution in [1.82, 2.24) is 0 Å². The first-order valence-corrected chi connectivity index (χ1v) is 12.0.